The zero-order chi connectivity index (χ0) is 24.9. The highest BCUT2D eigenvalue weighted by Gasteiger charge is 2.20. The number of nitrogens with one attached hydrogen (secondary N) is 1. The van der Waals surface area contributed by atoms with Crippen molar-refractivity contribution in [3.8, 4) is 34.4 Å². The highest BCUT2D eigenvalue weighted by molar-refractivity contribution is 7.14. The van der Waals surface area contributed by atoms with Gasteiger partial charge in [-0.3, -0.25) is 20.2 Å². The van der Waals surface area contributed by atoms with Crippen LogP contribution in [0.1, 0.15) is 5.76 Å². The molecular formula is C24H15FN4O5S. The van der Waals surface area contributed by atoms with Gasteiger partial charge in [-0.15, -0.1) is 11.3 Å². The first-order valence-corrected chi connectivity index (χ1v) is 10.8. The van der Waals surface area contributed by atoms with Crippen molar-refractivity contribution >= 4 is 34.1 Å². The largest absolute Gasteiger partial charge is 0.497 e. The van der Waals surface area contributed by atoms with Gasteiger partial charge < -0.3 is 9.15 Å². The molecule has 2 heterocycles. The summed E-state index contributed by atoms with van der Waals surface area (Å²) in [7, 11) is 1.40. The molecule has 1 N–H and O–H groups in total. The Morgan fingerprint density at radius 3 is 2.71 bits per heavy atom. The number of nitro benzene ring substituents is 1. The molecule has 11 heteroatoms. The number of thiazole rings is 1. The first-order chi connectivity index (χ1) is 16.9. The quantitative estimate of drug-likeness (QED) is 0.153. The number of nitrogens with zero attached hydrogens (tertiary/aromatic N) is 3. The van der Waals surface area contributed by atoms with E-state index in [1.807, 2.05) is 6.07 Å². The predicted octanol–water partition coefficient (Wildman–Crippen LogP) is 5.67. The highest BCUT2D eigenvalue weighted by atomic mass is 32.1. The van der Waals surface area contributed by atoms with Gasteiger partial charge in [0.1, 0.15) is 34.7 Å². The standard InChI is InChI=1S/C24H15FN4O5S/c1-33-17-6-8-19(21(11-17)29(31)32)22-9-7-18(34-22)10-15(12-26)23(30)28-24-27-20(13-35-24)14-2-4-16(25)5-3-14/h2-11,13H,1H3,(H,27,28,30)/b15-10-. The zero-order valence-corrected chi connectivity index (χ0v) is 18.8. The summed E-state index contributed by atoms with van der Waals surface area (Å²) in [4.78, 5) is 27.8. The Labute approximate surface area is 201 Å². The Morgan fingerprint density at radius 2 is 2.03 bits per heavy atom. The lowest BCUT2D eigenvalue weighted by molar-refractivity contribution is -0.384. The van der Waals surface area contributed by atoms with Gasteiger partial charge in [-0.1, -0.05) is 0 Å². The van der Waals surface area contributed by atoms with Crippen molar-refractivity contribution in [1.82, 2.24) is 4.98 Å². The Morgan fingerprint density at radius 1 is 1.26 bits per heavy atom. The van der Waals surface area contributed by atoms with E-state index in [0.29, 0.717) is 17.0 Å². The molecule has 0 radical (unpaired) electrons. The van der Waals surface area contributed by atoms with Crippen molar-refractivity contribution < 1.29 is 23.3 Å². The molecule has 9 nitrogen and oxygen atoms in total. The lowest BCUT2D eigenvalue weighted by Gasteiger charge is -2.03. The van der Waals surface area contributed by atoms with Crippen molar-refractivity contribution in [2.75, 3.05) is 12.4 Å². The van der Waals surface area contributed by atoms with E-state index < -0.39 is 10.8 Å². The summed E-state index contributed by atoms with van der Waals surface area (Å²) in [5, 5.41) is 25.4. The summed E-state index contributed by atoms with van der Waals surface area (Å²) in [5.74, 6) is -0.416. The number of carbonyl (C=O) groups excluding carboxylic acids is 1. The van der Waals surface area contributed by atoms with E-state index in [4.69, 9.17) is 9.15 Å². The number of hydrogen-bond acceptors (Lipinski definition) is 8. The fourth-order valence-corrected chi connectivity index (χ4v) is 3.83. The topological polar surface area (TPSA) is 131 Å². The van der Waals surface area contributed by atoms with Crippen LogP contribution in [0.4, 0.5) is 15.2 Å². The summed E-state index contributed by atoms with van der Waals surface area (Å²) in [5.41, 5.74) is 0.968. The van der Waals surface area contributed by atoms with Crippen LogP contribution in [-0.4, -0.2) is 22.9 Å². The Hall–Kier alpha value is -4.82. The molecule has 0 fully saturated rings. The van der Waals surface area contributed by atoms with Crippen molar-refractivity contribution in [2.45, 2.75) is 0 Å². The normalized spacial score (nSPS) is 11.1. The maximum absolute atomic E-state index is 13.1. The monoisotopic (exact) mass is 490 g/mol. The van der Waals surface area contributed by atoms with Crippen molar-refractivity contribution in [2.24, 2.45) is 0 Å². The molecule has 2 aromatic heterocycles. The van der Waals surface area contributed by atoms with E-state index in [-0.39, 0.29) is 39.3 Å². The number of furan rings is 1. The van der Waals surface area contributed by atoms with Crippen LogP contribution < -0.4 is 10.1 Å². The fourth-order valence-electron chi connectivity index (χ4n) is 3.11. The molecule has 0 aliphatic carbocycles. The molecule has 0 bridgehead atoms. The smallest absolute Gasteiger partial charge is 0.284 e. The number of carbonyl (C=O) groups is 1. The van der Waals surface area contributed by atoms with Crippen LogP contribution in [0, 0.1) is 27.3 Å². The van der Waals surface area contributed by atoms with Crippen LogP contribution in [0.2, 0.25) is 0 Å². The molecule has 0 spiro atoms. The van der Waals surface area contributed by atoms with Crippen LogP contribution in [0.5, 0.6) is 5.75 Å². The Kier molecular flexibility index (Phi) is 6.66. The minimum absolute atomic E-state index is 0.156. The van der Waals surface area contributed by atoms with Gasteiger partial charge in [0.15, 0.2) is 5.13 Å². The number of aromatic nitrogens is 1. The van der Waals surface area contributed by atoms with Crippen molar-refractivity contribution in [3.05, 3.63) is 87.2 Å². The Balaban J connectivity index is 1.53. The van der Waals surface area contributed by atoms with Gasteiger partial charge in [0, 0.05) is 17.0 Å². The van der Waals surface area contributed by atoms with Crippen LogP contribution in [0.3, 0.4) is 0 Å². The van der Waals surface area contributed by atoms with Crippen molar-refractivity contribution in [1.29, 1.82) is 5.26 Å². The number of benzene rings is 2. The Bertz CT molecular complexity index is 1480. The average molecular weight is 490 g/mol. The van der Waals surface area contributed by atoms with E-state index in [1.54, 1.807) is 23.6 Å². The summed E-state index contributed by atoms with van der Waals surface area (Å²) in [6, 6.07) is 14.9. The van der Waals surface area contributed by atoms with Crippen LogP contribution in [0.15, 0.2) is 70.0 Å². The van der Waals surface area contributed by atoms with E-state index in [1.165, 1.54) is 49.6 Å². The SMILES string of the molecule is COc1ccc(-c2ccc(/C=C(/C#N)C(=O)Nc3nc(-c4ccc(F)cc4)cs3)o2)c([N+](=O)[O-])c1. The summed E-state index contributed by atoms with van der Waals surface area (Å²) >= 11 is 1.15. The third-order valence-electron chi connectivity index (χ3n) is 4.81. The van der Waals surface area contributed by atoms with Crippen LogP contribution >= 0.6 is 11.3 Å². The molecule has 0 saturated carbocycles. The third kappa shape index (κ3) is 5.23. The molecule has 0 unspecified atom stereocenters. The molecule has 4 rings (SSSR count). The first-order valence-electron chi connectivity index (χ1n) is 9.95. The van der Waals surface area contributed by atoms with Gasteiger partial charge in [-0.2, -0.15) is 5.26 Å². The molecule has 174 valence electrons. The van der Waals surface area contributed by atoms with Gasteiger partial charge >= 0.3 is 0 Å². The molecule has 0 atom stereocenters. The van der Waals surface area contributed by atoms with Crippen LogP contribution in [0.25, 0.3) is 28.7 Å². The van der Waals surface area contributed by atoms with E-state index in [0.717, 1.165) is 11.3 Å². The van der Waals surface area contributed by atoms with Gasteiger partial charge in [0.25, 0.3) is 11.6 Å². The lowest BCUT2D eigenvalue weighted by atomic mass is 10.1. The lowest BCUT2D eigenvalue weighted by Crippen LogP contribution is -2.13. The molecule has 1 amide bonds. The maximum Gasteiger partial charge on any atom is 0.284 e. The summed E-state index contributed by atoms with van der Waals surface area (Å²) in [6.45, 7) is 0. The number of nitriles is 1. The third-order valence-corrected chi connectivity index (χ3v) is 5.57. The zero-order valence-electron chi connectivity index (χ0n) is 18.0. The second kappa shape index (κ2) is 9.98. The second-order valence-electron chi connectivity index (χ2n) is 7.01. The highest BCUT2D eigenvalue weighted by Crippen LogP contribution is 2.34. The fraction of sp³-hybridized carbons (Fsp3) is 0.0417. The number of hydrogen-bond donors (Lipinski definition) is 1. The van der Waals surface area contributed by atoms with Crippen LogP contribution in [-0.2, 0) is 4.79 Å². The summed E-state index contributed by atoms with van der Waals surface area (Å²) in [6.07, 6.45) is 1.22. The van der Waals surface area contributed by atoms with Gasteiger partial charge in [-0.05, 0) is 48.5 Å². The van der Waals surface area contributed by atoms with E-state index in [2.05, 4.69) is 10.3 Å². The van der Waals surface area contributed by atoms with E-state index in [9.17, 15) is 24.6 Å². The van der Waals surface area contributed by atoms with E-state index >= 15 is 0 Å². The number of anilines is 1. The maximum atomic E-state index is 13.1. The predicted molar refractivity (Wildman–Crippen MR) is 127 cm³/mol. The second-order valence-corrected chi connectivity index (χ2v) is 7.87. The number of nitro groups is 1. The first kappa shape index (κ1) is 23.3. The molecule has 4 aromatic rings. The number of methoxy groups -OCH3 is 1. The number of amides is 1. The van der Waals surface area contributed by atoms with Gasteiger partial charge in [-0.25, -0.2) is 9.37 Å². The molecule has 0 saturated heterocycles. The minimum atomic E-state index is -0.708. The van der Waals surface area contributed by atoms with Crippen molar-refractivity contribution in [3.63, 3.8) is 0 Å². The molecule has 2 aromatic carbocycles. The van der Waals surface area contributed by atoms with Gasteiger partial charge in [0.05, 0.1) is 29.4 Å². The number of rotatable bonds is 7. The average Bonchev–Trinajstić information content (AvgIpc) is 3.52. The molecule has 35 heavy (non-hydrogen) atoms. The molecule has 0 aliphatic rings. The number of ether oxygens (including phenoxy) is 1. The van der Waals surface area contributed by atoms with Gasteiger partial charge in [0.2, 0.25) is 0 Å². The number of halogens is 1. The summed E-state index contributed by atoms with van der Waals surface area (Å²) < 4.78 is 23.8. The molecule has 0 aliphatic heterocycles. The minimum Gasteiger partial charge on any atom is -0.497 e. The molecular weight excluding hydrogens is 475 g/mol.